The van der Waals surface area contributed by atoms with Crippen LogP contribution in [0.15, 0.2) is 176 Å². The van der Waals surface area contributed by atoms with Gasteiger partial charge in [-0.15, -0.1) is 0 Å². The number of fused-ring (bicyclic) bond motifs is 9. The summed E-state index contributed by atoms with van der Waals surface area (Å²) < 4.78 is 6.92. The van der Waals surface area contributed by atoms with Crippen molar-refractivity contribution in [2.45, 2.75) is 0 Å². The predicted molar refractivity (Wildman–Crippen MR) is 224 cm³/mol. The summed E-state index contributed by atoms with van der Waals surface area (Å²) in [5, 5.41) is 27.5. The maximum absolute atomic E-state index is 10.9. The standard InChI is InChI=1S/C50H29N5/c51-30-32-26-27-41-39-17-1-5-21-43(39)53(48(41)28-32)35-14-9-12-33(29-35)36-19-10-13-34(31-52)49(36)55-46-24-8-4-18-40(46)42-20-11-25-47(50(42)55)54-44-22-6-2-15-37(44)38-16-3-7-23-45(38)54/h1-29H. The summed E-state index contributed by atoms with van der Waals surface area (Å²) in [6.45, 7) is 0. The van der Waals surface area contributed by atoms with Crippen molar-refractivity contribution >= 4 is 65.4 Å². The molecule has 0 saturated carbocycles. The minimum atomic E-state index is 0.582. The van der Waals surface area contributed by atoms with Crippen LogP contribution in [0.1, 0.15) is 11.1 Å². The highest BCUT2D eigenvalue weighted by Crippen LogP contribution is 2.43. The fourth-order valence-electron chi connectivity index (χ4n) is 8.83. The van der Waals surface area contributed by atoms with Gasteiger partial charge in [0, 0.05) is 43.6 Å². The van der Waals surface area contributed by atoms with Crippen molar-refractivity contribution < 1.29 is 0 Å². The molecule has 0 N–H and O–H groups in total. The zero-order valence-electron chi connectivity index (χ0n) is 29.5. The molecule has 8 aromatic carbocycles. The van der Waals surface area contributed by atoms with Gasteiger partial charge in [-0.3, -0.25) is 0 Å². The summed E-state index contributed by atoms with van der Waals surface area (Å²) in [7, 11) is 0. The van der Waals surface area contributed by atoms with Crippen molar-refractivity contribution in [2.24, 2.45) is 0 Å². The van der Waals surface area contributed by atoms with Crippen LogP contribution in [0.4, 0.5) is 0 Å². The molecule has 0 atom stereocenters. The fraction of sp³-hybridized carbons (Fsp3) is 0. The molecule has 55 heavy (non-hydrogen) atoms. The second kappa shape index (κ2) is 11.8. The molecule has 0 aliphatic carbocycles. The van der Waals surface area contributed by atoms with Crippen molar-refractivity contribution in [1.82, 2.24) is 13.7 Å². The van der Waals surface area contributed by atoms with Gasteiger partial charge in [0.1, 0.15) is 6.07 Å². The molecule has 0 amide bonds. The number of aromatic nitrogens is 3. The van der Waals surface area contributed by atoms with Crippen LogP contribution < -0.4 is 0 Å². The lowest BCUT2D eigenvalue weighted by Crippen LogP contribution is -2.04. The van der Waals surface area contributed by atoms with Gasteiger partial charge >= 0.3 is 0 Å². The number of para-hydroxylation sites is 6. The number of nitriles is 2. The summed E-state index contributed by atoms with van der Waals surface area (Å²) in [5.41, 5.74) is 12.3. The van der Waals surface area contributed by atoms with E-state index in [0.717, 1.165) is 82.8 Å². The molecular weight excluding hydrogens is 671 g/mol. The molecular formula is C50H29N5. The second-order valence-electron chi connectivity index (χ2n) is 14.0. The van der Waals surface area contributed by atoms with Crippen LogP contribution in [0.25, 0.3) is 93.6 Å². The average Bonchev–Trinajstić information content (AvgIpc) is 3.89. The minimum absolute atomic E-state index is 0.582. The Morgan fingerprint density at radius 2 is 0.927 bits per heavy atom. The van der Waals surface area contributed by atoms with E-state index >= 15 is 0 Å². The Morgan fingerprint density at radius 3 is 1.58 bits per heavy atom. The van der Waals surface area contributed by atoms with Gasteiger partial charge in [0.15, 0.2) is 0 Å². The maximum atomic E-state index is 10.9. The van der Waals surface area contributed by atoms with Crippen molar-refractivity contribution in [3.05, 3.63) is 187 Å². The van der Waals surface area contributed by atoms with E-state index in [0.29, 0.717) is 11.1 Å². The zero-order valence-corrected chi connectivity index (χ0v) is 29.5. The first-order valence-electron chi connectivity index (χ1n) is 18.3. The van der Waals surface area contributed by atoms with Gasteiger partial charge in [-0.1, -0.05) is 115 Å². The van der Waals surface area contributed by atoms with Crippen LogP contribution in [0.5, 0.6) is 0 Å². The Hall–Kier alpha value is -7.86. The summed E-state index contributed by atoms with van der Waals surface area (Å²) in [4.78, 5) is 0. The Morgan fingerprint density at radius 1 is 0.382 bits per heavy atom. The van der Waals surface area contributed by atoms with Crippen LogP contribution in [-0.4, -0.2) is 13.7 Å². The van der Waals surface area contributed by atoms with E-state index in [-0.39, 0.29) is 0 Å². The van der Waals surface area contributed by atoms with Crippen molar-refractivity contribution in [2.75, 3.05) is 0 Å². The second-order valence-corrected chi connectivity index (χ2v) is 14.0. The molecule has 254 valence electrons. The van der Waals surface area contributed by atoms with Crippen LogP contribution in [-0.2, 0) is 0 Å². The summed E-state index contributed by atoms with van der Waals surface area (Å²) in [6, 6.07) is 65.9. The first kappa shape index (κ1) is 30.7. The summed E-state index contributed by atoms with van der Waals surface area (Å²) in [5.74, 6) is 0. The first-order valence-corrected chi connectivity index (χ1v) is 18.3. The summed E-state index contributed by atoms with van der Waals surface area (Å²) in [6.07, 6.45) is 0. The molecule has 3 heterocycles. The van der Waals surface area contributed by atoms with Crippen molar-refractivity contribution in [3.63, 3.8) is 0 Å². The largest absolute Gasteiger partial charge is 0.309 e. The number of hydrogen-bond donors (Lipinski definition) is 0. The van der Waals surface area contributed by atoms with Gasteiger partial charge in [-0.2, -0.15) is 10.5 Å². The quantitative estimate of drug-likeness (QED) is 0.184. The normalized spacial score (nSPS) is 11.6. The third-order valence-electron chi connectivity index (χ3n) is 11.1. The van der Waals surface area contributed by atoms with E-state index < -0.39 is 0 Å². The number of rotatable bonds is 4. The van der Waals surface area contributed by atoms with Gasteiger partial charge in [-0.05, 0) is 66.2 Å². The molecule has 0 spiro atoms. The van der Waals surface area contributed by atoms with Gasteiger partial charge in [-0.25, -0.2) is 0 Å². The average molecular weight is 700 g/mol. The Kier molecular flexibility index (Phi) is 6.61. The Balaban J connectivity index is 1.23. The van der Waals surface area contributed by atoms with Gasteiger partial charge in [0.25, 0.3) is 0 Å². The van der Waals surface area contributed by atoms with Crippen LogP contribution in [0.3, 0.4) is 0 Å². The Labute approximate surface area is 316 Å². The van der Waals surface area contributed by atoms with E-state index in [1.165, 1.54) is 10.8 Å². The van der Waals surface area contributed by atoms with Crippen LogP contribution in [0.2, 0.25) is 0 Å². The minimum Gasteiger partial charge on any atom is -0.309 e. The van der Waals surface area contributed by atoms with E-state index in [1.807, 2.05) is 30.3 Å². The highest BCUT2D eigenvalue weighted by Gasteiger charge is 2.23. The third-order valence-corrected chi connectivity index (χ3v) is 11.1. The molecule has 11 rings (SSSR count). The molecule has 5 heteroatoms. The third kappa shape index (κ3) is 4.39. The fourth-order valence-corrected chi connectivity index (χ4v) is 8.83. The molecule has 3 aromatic heterocycles. The highest BCUT2D eigenvalue weighted by atomic mass is 15.1. The van der Waals surface area contributed by atoms with E-state index in [2.05, 4.69) is 171 Å². The van der Waals surface area contributed by atoms with Gasteiger partial charge < -0.3 is 13.7 Å². The lowest BCUT2D eigenvalue weighted by atomic mass is 9.99. The lowest BCUT2D eigenvalue weighted by Gasteiger charge is -2.19. The zero-order chi connectivity index (χ0) is 36.6. The van der Waals surface area contributed by atoms with Crippen LogP contribution in [0, 0.1) is 22.7 Å². The van der Waals surface area contributed by atoms with Crippen LogP contribution >= 0.6 is 0 Å². The molecule has 0 unspecified atom stereocenters. The van der Waals surface area contributed by atoms with Crippen molar-refractivity contribution in [3.8, 4) is 40.3 Å². The summed E-state index contributed by atoms with van der Waals surface area (Å²) >= 11 is 0. The lowest BCUT2D eigenvalue weighted by molar-refractivity contribution is 1.12. The highest BCUT2D eigenvalue weighted by molar-refractivity contribution is 6.15. The van der Waals surface area contributed by atoms with E-state index in [9.17, 15) is 10.5 Å². The van der Waals surface area contributed by atoms with E-state index in [1.54, 1.807) is 0 Å². The number of nitrogens with zero attached hydrogens (tertiary/aromatic N) is 5. The molecule has 5 nitrogen and oxygen atoms in total. The molecule has 0 bridgehead atoms. The topological polar surface area (TPSA) is 62.4 Å². The molecule has 11 aromatic rings. The monoisotopic (exact) mass is 699 g/mol. The van der Waals surface area contributed by atoms with Gasteiger partial charge in [0.05, 0.1) is 61.7 Å². The molecule has 0 saturated heterocycles. The Bertz CT molecular complexity index is 3420. The van der Waals surface area contributed by atoms with E-state index in [4.69, 9.17) is 0 Å². The first-order chi connectivity index (χ1) is 27.2. The maximum Gasteiger partial charge on any atom is 0.101 e. The predicted octanol–water partition coefficient (Wildman–Crippen LogP) is 12.4. The molecule has 0 radical (unpaired) electrons. The molecule has 0 fully saturated rings. The number of benzene rings is 8. The van der Waals surface area contributed by atoms with Crippen molar-refractivity contribution in [1.29, 1.82) is 10.5 Å². The smallest absolute Gasteiger partial charge is 0.101 e. The molecule has 0 aliphatic heterocycles. The number of hydrogen-bond acceptors (Lipinski definition) is 2. The molecule has 0 aliphatic rings. The SMILES string of the molecule is N#Cc1ccc2c3ccccc3n(-c3cccc(-c4cccc(C#N)c4-n4c5ccccc5c5cccc(-n6c7ccccc7c7ccccc76)c54)c3)c2c1. The van der Waals surface area contributed by atoms with Gasteiger partial charge in [0.2, 0.25) is 0 Å².